The average Bonchev–Trinajstić information content (AvgIpc) is 3.10. The Morgan fingerprint density at radius 1 is 1.23 bits per heavy atom. The Hall–Kier alpha value is -1.63. The van der Waals surface area contributed by atoms with Crippen LogP contribution in [0.3, 0.4) is 0 Å². The Bertz CT molecular complexity index is 764. The van der Waals surface area contributed by atoms with Crippen LogP contribution in [-0.4, -0.2) is 66.5 Å². The maximum Gasteiger partial charge on any atom is 0.223 e. The number of carbonyl (C=O) groups is 1. The highest BCUT2D eigenvalue weighted by Gasteiger charge is 2.25. The summed E-state index contributed by atoms with van der Waals surface area (Å²) in [6.45, 7) is 6.31. The van der Waals surface area contributed by atoms with Crippen molar-refractivity contribution in [1.29, 1.82) is 0 Å². The second-order valence-electron chi connectivity index (χ2n) is 7.16. The lowest BCUT2D eigenvalue weighted by Gasteiger charge is -2.32. The number of likely N-dealkylation sites (tertiary alicyclic amines) is 1. The number of piperazine rings is 1. The number of rotatable bonds is 4. The zero-order valence-corrected chi connectivity index (χ0v) is 15.7. The zero-order valence-electron chi connectivity index (χ0n) is 14.9. The molecule has 2 aliphatic rings. The number of hydrogen-bond donors (Lipinski definition) is 1. The van der Waals surface area contributed by atoms with Gasteiger partial charge in [0.25, 0.3) is 0 Å². The molecule has 26 heavy (non-hydrogen) atoms. The molecule has 0 saturated carbocycles. The van der Waals surface area contributed by atoms with E-state index in [1.165, 1.54) is 0 Å². The van der Waals surface area contributed by atoms with Gasteiger partial charge in [-0.25, -0.2) is 4.98 Å². The quantitative estimate of drug-likeness (QED) is 0.888. The van der Waals surface area contributed by atoms with E-state index in [0.717, 1.165) is 75.6 Å². The number of hydrogen-bond acceptors (Lipinski definition) is 5. The number of amides is 1. The van der Waals surface area contributed by atoms with E-state index >= 15 is 0 Å². The fourth-order valence-corrected chi connectivity index (χ4v) is 3.99. The first-order valence-electron chi connectivity index (χ1n) is 9.46. The monoisotopic (exact) mass is 376 g/mol. The molecule has 0 atom stereocenters. The van der Waals surface area contributed by atoms with E-state index in [2.05, 4.69) is 15.2 Å². The summed E-state index contributed by atoms with van der Waals surface area (Å²) in [6.07, 6.45) is 2.65. The van der Waals surface area contributed by atoms with Crippen LogP contribution in [-0.2, 0) is 4.79 Å². The lowest BCUT2D eigenvalue weighted by atomic mass is 9.96. The molecule has 1 aromatic carbocycles. The summed E-state index contributed by atoms with van der Waals surface area (Å²) in [7, 11) is 0. The van der Waals surface area contributed by atoms with Gasteiger partial charge in [0.2, 0.25) is 5.91 Å². The topological polar surface area (TPSA) is 61.6 Å². The maximum atomic E-state index is 12.3. The van der Waals surface area contributed by atoms with E-state index in [1.54, 1.807) is 0 Å². The molecule has 1 N–H and O–H groups in total. The molecule has 3 heterocycles. The van der Waals surface area contributed by atoms with Gasteiger partial charge in [0, 0.05) is 50.1 Å². The predicted octanol–water partition coefficient (Wildman–Crippen LogP) is 2.48. The summed E-state index contributed by atoms with van der Waals surface area (Å²) in [5.41, 5.74) is 1.63. The van der Waals surface area contributed by atoms with Gasteiger partial charge in [-0.05, 0) is 44.1 Å². The molecule has 0 bridgehead atoms. The Balaban J connectivity index is 1.27. The first-order chi connectivity index (χ1) is 12.7. The number of carbonyl (C=O) groups excluding carboxylic acids is 1. The normalized spacial score (nSPS) is 20.0. The van der Waals surface area contributed by atoms with Crippen LogP contribution in [0.4, 0.5) is 0 Å². The Kier molecular flexibility index (Phi) is 5.43. The Morgan fingerprint density at radius 3 is 2.77 bits per heavy atom. The molecule has 6 nitrogen and oxygen atoms in total. The van der Waals surface area contributed by atoms with Crippen molar-refractivity contribution in [3.63, 3.8) is 0 Å². The van der Waals surface area contributed by atoms with Crippen LogP contribution in [0.5, 0.6) is 0 Å². The lowest BCUT2D eigenvalue weighted by molar-refractivity contribution is -0.132. The van der Waals surface area contributed by atoms with Crippen molar-refractivity contribution in [2.45, 2.75) is 25.2 Å². The number of benzene rings is 1. The summed E-state index contributed by atoms with van der Waals surface area (Å²) in [5.74, 6) is 1.45. The minimum absolute atomic E-state index is 0.282. The Labute approximate surface area is 158 Å². The summed E-state index contributed by atoms with van der Waals surface area (Å²) in [5, 5.41) is 3.96. The van der Waals surface area contributed by atoms with E-state index in [1.807, 2.05) is 23.1 Å². The molecule has 0 aliphatic carbocycles. The minimum atomic E-state index is 0.282. The molecule has 1 amide bonds. The molecule has 2 fully saturated rings. The van der Waals surface area contributed by atoms with Crippen LogP contribution >= 0.6 is 11.6 Å². The van der Waals surface area contributed by atoms with E-state index in [-0.39, 0.29) is 5.91 Å². The fraction of sp³-hybridized carbons (Fsp3) is 0.579. The van der Waals surface area contributed by atoms with E-state index in [9.17, 15) is 4.79 Å². The SMILES string of the molecule is O=C(CCN1CCC(c2nc3cc(Cl)ccc3o2)CC1)N1CCNCC1. The van der Waals surface area contributed by atoms with Gasteiger partial charge in [0.05, 0.1) is 0 Å². The van der Waals surface area contributed by atoms with Crippen LogP contribution in [0.15, 0.2) is 22.6 Å². The van der Waals surface area contributed by atoms with Gasteiger partial charge in [0.1, 0.15) is 5.52 Å². The van der Waals surface area contributed by atoms with Crippen LogP contribution in [0.25, 0.3) is 11.1 Å². The standard InChI is InChI=1S/C19H25ClN4O2/c20-15-1-2-17-16(13-15)22-19(26-17)14-3-8-23(9-4-14)10-5-18(25)24-11-6-21-7-12-24/h1-2,13-14,21H,3-12H2. The first-order valence-corrected chi connectivity index (χ1v) is 9.84. The predicted molar refractivity (Wildman–Crippen MR) is 102 cm³/mol. The summed E-state index contributed by atoms with van der Waals surface area (Å²) >= 11 is 6.03. The summed E-state index contributed by atoms with van der Waals surface area (Å²) < 4.78 is 5.92. The van der Waals surface area contributed by atoms with Crippen LogP contribution in [0.1, 0.15) is 31.1 Å². The number of nitrogens with one attached hydrogen (secondary N) is 1. The summed E-state index contributed by atoms with van der Waals surface area (Å²) in [4.78, 5) is 21.3. The molecule has 0 unspecified atom stereocenters. The molecule has 140 valence electrons. The molecule has 4 rings (SSSR count). The van der Waals surface area contributed by atoms with Crippen molar-refractivity contribution in [2.75, 3.05) is 45.8 Å². The first kappa shape index (κ1) is 17.8. The van der Waals surface area contributed by atoms with Crippen LogP contribution in [0.2, 0.25) is 5.02 Å². The van der Waals surface area contributed by atoms with Gasteiger partial charge in [-0.15, -0.1) is 0 Å². The molecule has 7 heteroatoms. The third-order valence-corrected chi connectivity index (χ3v) is 5.65. The van der Waals surface area contributed by atoms with Gasteiger partial charge in [-0.2, -0.15) is 0 Å². The van der Waals surface area contributed by atoms with E-state index in [4.69, 9.17) is 16.0 Å². The van der Waals surface area contributed by atoms with Gasteiger partial charge in [0.15, 0.2) is 11.5 Å². The summed E-state index contributed by atoms with van der Waals surface area (Å²) in [6, 6.07) is 5.56. The largest absolute Gasteiger partial charge is 0.440 e. The fourth-order valence-electron chi connectivity index (χ4n) is 3.82. The number of fused-ring (bicyclic) bond motifs is 1. The van der Waals surface area contributed by atoms with Gasteiger partial charge in [-0.3, -0.25) is 4.79 Å². The van der Waals surface area contributed by atoms with Crippen LogP contribution < -0.4 is 5.32 Å². The number of halogens is 1. The minimum Gasteiger partial charge on any atom is -0.440 e. The van der Waals surface area contributed by atoms with Crippen molar-refractivity contribution >= 4 is 28.6 Å². The zero-order chi connectivity index (χ0) is 17.9. The molecule has 2 aromatic rings. The highest BCUT2D eigenvalue weighted by atomic mass is 35.5. The maximum absolute atomic E-state index is 12.3. The molecule has 2 aliphatic heterocycles. The van der Waals surface area contributed by atoms with Crippen molar-refractivity contribution in [3.8, 4) is 0 Å². The van der Waals surface area contributed by atoms with Crippen molar-refractivity contribution in [1.82, 2.24) is 20.1 Å². The highest BCUT2D eigenvalue weighted by molar-refractivity contribution is 6.31. The lowest BCUT2D eigenvalue weighted by Crippen LogP contribution is -2.47. The van der Waals surface area contributed by atoms with Gasteiger partial charge in [-0.1, -0.05) is 11.6 Å². The molecular formula is C19H25ClN4O2. The van der Waals surface area contributed by atoms with Crippen molar-refractivity contribution in [3.05, 3.63) is 29.1 Å². The highest BCUT2D eigenvalue weighted by Crippen LogP contribution is 2.30. The third kappa shape index (κ3) is 4.03. The van der Waals surface area contributed by atoms with Crippen LogP contribution in [0, 0.1) is 0 Å². The van der Waals surface area contributed by atoms with E-state index < -0.39 is 0 Å². The smallest absolute Gasteiger partial charge is 0.223 e. The van der Waals surface area contributed by atoms with Crippen molar-refractivity contribution < 1.29 is 9.21 Å². The third-order valence-electron chi connectivity index (χ3n) is 5.41. The molecule has 2 saturated heterocycles. The Morgan fingerprint density at radius 2 is 2.00 bits per heavy atom. The number of nitrogens with zero attached hydrogens (tertiary/aromatic N) is 3. The van der Waals surface area contributed by atoms with E-state index in [0.29, 0.717) is 17.4 Å². The second kappa shape index (κ2) is 7.94. The number of piperidine rings is 1. The average molecular weight is 377 g/mol. The van der Waals surface area contributed by atoms with Gasteiger partial charge >= 0.3 is 0 Å². The van der Waals surface area contributed by atoms with Gasteiger partial charge < -0.3 is 19.5 Å². The second-order valence-corrected chi connectivity index (χ2v) is 7.60. The number of oxazole rings is 1. The van der Waals surface area contributed by atoms with Crippen molar-refractivity contribution in [2.24, 2.45) is 0 Å². The molecule has 0 spiro atoms. The number of aromatic nitrogens is 1. The molecule has 0 radical (unpaired) electrons. The molecular weight excluding hydrogens is 352 g/mol. The molecule has 1 aromatic heterocycles.